The van der Waals surface area contributed by atoms with Crippen LogP contribution in [0.25, 0.3) is 0 Å². The van der Waals surface area contributed by atoms with E-state index in [0.717, 1.165) is 31.7 Å². The van der Waals surface area contributed by atoms with Crippen molar-refractivity contribution >= 4 is 10.0 Å². The average Bonchev–Trinajstić information content (AvgIpc) is 2.34. The summed E-state index contributed by atoms with van der Waals surface area (Å²) in [7, 11) is -3.73. The smallest absolute Gasteiger partial charge is 0.241 e. The Kier molecular flexibility index (Phi) is 3.94. The number of sulfonamides is 1. The molecule has 0 amide bonds. The van der Waals surface area contributed by atoms with Gasteiger partial charge in [0.05, 0.1) is 4.90 Å². The lowest BCUT2D eigenvalue weighted by molar-refractivity contribution is 0.214. The summed E-state index contributed by atoms with van der Waals surface area (Å²) in [6.07, 6.45) is 3.41. The van der Waals surface area contributed by atoms with Gasteiger partial charge in [-0.15, -0.1) is 0 Å². The Bertz CT molecular complexity index is 562. The molecule has 0 heterocycles. The highest BCUT2D eigenvalue weighted by Gasteiger charge is 2.39. The molecule has 0 spiro atoms. The molecular weight excluding hydrogens is 267 g/mol. The van der Waals surface area contributed by atoms with Gasteiger partial charge in [-0.1, -0.05) is 13.0 Å². The molecule has 2 rings (SSSR count). The summed E-state index contributed by atoms with van der Waals surface area (Å²) < 4.78 is 40.8. The second-order valence-electron chi connectivity index (χ2n) is 5.05. The lowest BCUT2D eigenvalue weighted by atomic mass is 9.76. The molecule has 1 saturated carbocycles. The molecule has 0 saturated heterocycles. The van der Waals surface area contributed by atoms with Crippen molar-refractivity contribution in [2.45, 2.75) is 49.6 Å². The molecule has 3 N–H and O–H groups in total. The molecule has 1 aromatic rings. The van der Waals surface area contributed by atoms with E-state index in [2.05, 4.69) is 4.72 Å². The summed E-state index contributed by atoms with van der Waals surface area (Å²) in [6.45, 7) is 2.02. The molecule has 0 unspecified atom stereocenters. The minimum Gasteiger partial charge on any atom is -0.326 e. The van der Waals surface area contributed by atoms with Gasteiger partial charge < -0.3 is 5.73 Å². The Hall–Kier alpha value is -0.980. The van der Waals surface area contributed by atoms with Crippen LogP contribution in [0.4, 0.5) is 4.39 Å². The Morgan fingerprint density at radius 3 is 2.58 bits per heavy atom. The van der Waals surface area contributed by atoms with E-state index in [9.17, 15) is 12.8 Å². The average molecular weight is 286 g/mol. The van der Waals surface area contributed by atoms with Gasteiger partial charge in [0.2, 0.25) is 10.0 Å². The molecule has 0 radical (unpaired) electrons. The third kappa shape index (κ3) is 2.80. The van der Waals surface area contributed by atoms with Gasteiger partial charge in [-0.3, -0.25) is 0 Å². The van der Waals surface area contributed by atoms with Crippen molar-refractivity contribution in [2.75, 3.05) is 0 Å². The first kappa shape index (κ1) is 14.4. The van der Waals surface area contributed by atoms with Crippen LogP contribution in [0.3, 0.4) is 0 Å². The number of hydrogen-bond acceptors (Lipinski definition) is 3. The van der Waals surface area contributed by atoms with E-state index in [1.807, 2.05) is 6.92 Å². The highest BCUT2D eigenvalue weighted by molar-refractivity contribution is 7.89. The van der Waals surface area contributed by atoms with E-state index < -0.39 is 15.8 Å². The molecular formula is C13H19FN2O2S. The molecule has 4 nitrogen and oxygen atoms in total. The van der Waals surface area contributed by atoms with Crippen molar-refractivity contribution in [3.63, 3.8) is 0 Å². The predicted octanol–water partition coefficient (Wildman–Crippen LogP) is 1.90. The van der Waals surface area contributed by atoms with E-state index in [0.29, 0.717) is 5.56 Å². The fourth-order valence-electron chi connectivity index (χ4n) is 2.42. The SMILES string of the molecule is CCC1(NS(=O)(=O)c2cc(F)ccc2CN)CCC1. The van der Waals surface area contributed by atoms with Gasteiger partial charge >= 0.3 is 0 Å². The number of rotatable bonds is 5. The van der Waals surface area contributed by atoms with Crippen LogP contribution in [-0.2, 0) is 16.6 Å². The van der Waals surface area contributed by atoms with Gasteiger partial charge in [0.1, 0.15) is 5.82 Å². The number of nitrogens with one attached hydrogen (secondary N) is 1. The van der Waals surface area contributed by atoms with Gasteiger partial charge in [0.25, 0.3) is 0 Å². The summed E-state index contributed by atoms with van der Waals surface area (Å²) >= 11 is 0. The minimum absolute atomic E-state index is 0.0466. The Labute approximate surface area is 113 Å². The maximum atomic E-state index is 13.3. The van der Waals surface area contributed by atoms with E-state index >= 15 is 0 Å². The standard InChI is InChI=1S/C13H19FN2O2S/c1-2-13(6-3-7-13)16-19(17,18)12-8-11(14)5-4-10(12)9-15/h4-5,8,16H,2-3,6-7,9,15H2,1H3. The largest absolute Gasteiger partial charge is 0.326 e. The first-order valence-electron chi connectivity index (χ1n) is 6.45. The summed E-state index contributed by atoms with van der Waals surface area (Å²) in [5.41, 5.74) is 5.59. The van der Waals surface area contributed by atoms with E-state index in [-0.39, 0.29) is 17.0 Å². The number of benzene rings is 1. The van der Waals surface area contributed by atoms with Gasteiger partial charge in [-0.2, -0.15) is 0 Å². The van der Waals surface area contributed by atoms with Crippen molar-refractivity contribution in [1.29, 1.82) is 0 Å². The van der Waals surface area contributed by atoms with E-state index in [1.54, 1.807) is 0 Å². The maximum Gasteiger partial charge on any atom is 0.241 e. The first-order valence-corrected chi connectivity index (χ1v) is 7.93. The quantitative estimate of drug-likeness (QED) is 0.868. The number of nitrogens with two attached hydrogens (primary N) is 1. The summed E-state index contributed by atoms with van der Waals surface area (Å²) in [4.78, 5) is -0.0466. The van der Waals surface area contributed by atoms with Crippen molar-refractivity contribution < 1.29 is 12.8 Å². The van der Waals surface area contributed by atoms with E-state index in [1.165, 1.54) is 12.1 Å². The molecule has 0 bridgehead atoms. The monoisotopic (exact) mass is 286 g/mol. The fraction of sp³-hybridized carbons (Fsp3) is 0.538. The first-order chi connectivity index (χ1) is 8.92. The summed E-state index contributed by atoms with van der Waals surface area (Å²) in [5.74, 6) is -0.572. The van der Waals surface area contributed by atoms with Crippen molar-refractivity contribution in [3.05, 3.63) is 29.6 Å². The van der Waals surface area contributed by atoms with Crippen molar-refractivity contribution in [1.82, 2.24) is 4.72 Å². The van der Waals surface area contributed by atoms with Crippen LogP contribution < -0.4 is 10.5 Å². The Morgan fingerprint density at radius 1 is 1.42 bits per heavy atom. The molecule has 1 aliphatic carbocycles. The predicted molar refractivity (Wildman–Crippen MR) is 71.5 cm³/mol. The molecule has 1 aliphatic rings. The lowest BCUT2D eigenvalue weighted by Gasteiger charge is -2.41. The highest BCUT2D eigenvalue weighted by Crippen LogP contribution is 2.36. The molecule has 6 heteroatoms. The zero-order chi connectivity index (χ0) is 14.1. The Morgan fingerprint density at radius 2 is 2.11 bits per heavy atom. The van der Waals surface area contributed by atoms with E-state index in [4.69, 9.17) is 5.73 Å². The van der Waals surface area contributed by atoms with Crippen LogP contribution in [0.2, 0.25) is 0 Å². The molecule has 0 aromatic heterocycles. The molecule has 0 atom stereocenters. The second-order valence-corrected chi connectivity index (χ2v) is 6.70. The van der Waals surface area contributed by atoms with Crippen LogP contribution in [0.5, 0.6) is 0 Å². The molecule has 1 fully saturated rings. The molecule has 1 aromatic carbocycles. The minimum atomic E-state index is -3.73. The topological polar surface area (TPSA) is 72.2 Å². The van der Waals surface area contributed by atoms with Crippen LogP contribution in [0.1, 0.15) is 38.2 Å². The van der Waals surface area contributed by atoms with Crippen molar-refractivity contribution in [3.8, 4) is 0 Å². The van der Waals surface area contributed by atoms with Gasteiger partial charge in [-0.25, -0.2) is 17.5 Å². The van der Waals surface area contributed by atoms with Gasteiger partial charge in [0, 0.05) is 12.1 Å². The van der Waals surface area contributed by atoms with Crippen LogP contribution in [0, 0.1) is 5.82 Å². The van der Waals surface area contributed by atoms with Gasteiger partial charge in [0.15, 0.2) is 0 Å². The highest BCUT2D eigenvalue weighted by atomic mass is 32.2. The van der Waals surface area contributed by atoms with Crippen LogP contribution in [-0.4, -0.2) is 14.0 Å². The summed E-state index contributed by atoms with van der Waals surface area (Å²) in [5, 5.41) is 0. The zero-order valence-corrected chi connectivity index (χ0v) is 11.8. The van der Waals surface area contributed by atoms with Crippen LogP contribution >= 0.6 is 0 Å². The van der Waals surface area contributed by atoms with Gasteiger partial charge in [-0.05, 0) is 43.4 Å². The molecule has 0 aliphatic heterocycles. The van der Waals surface area contributed by atoms with Crippen molar-refractivity contribution in [2.24, 2.45) is 5.73 Å². The number of halogens is 1. The zero-order valence-electron chi connectivity index (χ0n) is 10.9. The third-order valence-electron chi connectivity index (χ3n) is 3.88. The van der Waals surface area contributed by atoms with Crippen LogP contribution in [0.15, 0.2) is 23.1 Å². The second kappa shape index (κ2) is 5.19. The molecule has 19 heavy (non-hydrogen) atoms. The Balaban J connectivity index is 2.36. The number of hydrogen-bond donors (Lipinski definition) is 2. The maximum absolute atomic E-state index is 13.3. The fourth-order valence-corrected chi connectivity index (χ4v) is 4.21. The lowest BCUT2D eigenvalue weighted by Crippen LogP contribution is -2.52. The molecule has 106 valence electrons. The third-order valence-corrected chi connectivity index (χ3v) is 5.54. The normalized spacial score (nSPS) is 18.1. The summed E-state index contributed by atoms with van der Waals surface area (Å²) in [6, 6.07) is 3.68.